The first-order valence-electron chi connectivity index (χ1n) is 5.10. The minimum absolute atomic E-state index is 0.0288. The maximum absolute atomic E-state index is 9.09. The number of nitriles is 2. The molecule has 2 nitrogen and oxygen atoms in total. The Morgan fingerprint density at radius 1 is 1.12 bits per heavy atom. The van der Waals surface area contributed by atoms with Gasteiger partial charge in [0.05, 0.1) is 23.3 Å². The second-order valence-corrected chi connectivity index (χ2v) is 4.72. The summed E-state index contributed by atoms with van der Waals surface area (Å²) in [6, 6.07) is 11.3. The third kappa shape index (κ3) is 3.26. The van der Waals surface area contributed by atoms with Crippen molar-refractivity contribution in [2.75, 3.05) is 0 Å². The van der Waals surface area contributed by atoms with Crippen molar-refractivity contribution in [1.29, 1.82) is 10.5 Å². The summed E-state index contributed by atoms with van der Waals surface area (Å²) < 4.78 is 0. The topological polar surface area (TPSA) is 47.6 Å². The highest BCUT2D eigenvalue weighted by Crippen LogP contribution is 2.23. The highest BCUT2D eigenvalue weighted by Gasteiger charge is 2.09. The normalized spacial score (nSPS) is 11.7. The van der Waals surface area contributed by atoms with Crippen molar-refractivity contribution >= 4 is 5.57 Å². The molecule has 0 amide bonds. The van der Waals surface area contributed by atoms with Gasteiger partial charge in [0.25, 0.3) is 0 Å². The van der Waals surface area contributed by atoms with Gasteiger partial charge in [0.1, 0.15) is 0 Å². The maximum atomic E-state index is 9.09. The van der Waals surface area contributed by atoms with Gasteiger partial charge in [-0.1, -0.05) is 39.0 Å². The Bertz CT molecular complexity index is 473. The molecule has 0 radical (unpaired) electrons. The molecule has 0 atom stereocenters. The van der Waals surface area contributed by atoms with E-state index < -0.39 is 0 Å². The van der Waals surface area contributed by atoms with Gasteiger partial charge in [0.2, 0.25) is 0 Å². The minimum Gasteiger partial charge on any atom is -0.192 e. The standard InChI is InChI=1S/C14H14N2/c1-14(2,3)8-13(10-16)12-6-4-11(9-15)5-7-12/h4-8H,1-3H3/b13-8+. The molecular formula is C14H14N2. The first kappa shape index (κ1) is 12.0. The molecule has 0 unspecified atom stereocenters. The monoisotopic (exact) mass is 210 g/mol. The predicted octanol–water partition coefficient (Wildman–Crippen LogP) is 3.51. The summed E-state index contributed by atoms with van der Waals surface area (Å²) in [7, 11) is 0. The van der Waals surface area contributed by atoms with E-state index in [0.717, 1.165) is 5.56 Å². The highest BCUT2D eigenvalue weighted by molar-refractivity contribution is 5.77. The van der Waals surface area contributed by atoms with Crippen LogP contribution in [0.4, 0.5) is 0 Å². The van der Waals surface area contributed by atoms with Crippen molar-refractivity contribution in [3.63, 3.8) is 0 Å². The molecule has 1 aromatic rings. The summed E-state index contributed by atoms with van der Waals surface area (Å²) in [5.41, 5.74) is 2.09. The van der Waals surface area contributed by atoms with Crippen LogP contribution in [0.3, 0.4) is 0 Å². The van der Waals surface area contributed by atoms with Gasteiger partial charge in [-0.2, -0.15) is 10.5 Å². The minimum atomic E-state index is -0.0288. The lowest BCUT2D eigenvalue weighted by Crippen LogP contribution is -2.00. The third-order valence-corrected chi connectivity index (χ3v) is 2.02. The lowest BCUT2D eigenvalue weighted by Gasteiger charge is -2.13. The van der Waals surface area contributed by atoms with E-state index in [-0.39, 0.29) is 5.41 Å². The van der Waals surface area contributed by atoms with E-state index in [1.54, 1.807) is 24.3 Å². The van der Waals surface area contributed by atoms with E-state index in [1.807, 2.05) is 26.8 Å². The number of allylic oxidation sites excluding steroid dienone is 2. The summed E-state index contributed by atoms with van der Waals surface area (Å²) in [4.78, 5) is 0. The van der Waals surface area contributed by atoms with Crippen LogP contribution in [0.1, 0.15) is 31.9 Å². The number of nitrogens with zero attached hydrogens (tertiary/aromatic N) is 2. The van der Waals surface area contributed by atoms with Crippen LogP contribution in [0.25, 0.3) is 5.57 Å². The highest BCUT2D eigenvalue weighted by atomic mass is 14.3. The van der Waals surface area contributed by atoms with Gasteiger partial charge in [0, 0.05) is 0 Å². The molecule has 16 heavy (non-hydrogen) atoms. The Morgan fingerprint density at radius 2 is 1.69 bits per heavy atom. The molecule has 0 aromatic heterocycles. The van der Waals surface area contributed by atoms with Gasteiger partial charge in [0.15, 0.2) is 0 Å². The Hall–Kier alpha value is -2.06. The van der Waals surface area contributed by atoms with E-state index >= 15 is 0 Å². The summed E-state index contributed by atoms with van der Waals surface area (Å²) in [6.07, 6.45) is 1.94. The molecule has 0 aliphatic carbocycles. The van der Waals surface area contributed by atoms with Gasteiger partial charge in [-0.05, 0) is 23.1 Å². The van der Waals surface area contributed by atoms with E-state index in [1.165, 1.54) is 0 Å². The zero-order valence-electron chi connectivity index (χ0n) is 9.78. The van der Waals surface area contributed by atoms with E-state index in [2.05, 4.69) is 12.1 Å². The van der Waals surface area contributed by atoms with Gasteiger partial charge in [-0.3, -0.25) is 0 Å². The van der Waals surface area contributed by atoms with Crippen molar-refractivity contribution in [1.82, 2.24) is 0 Å². The van der Waals surface area contributed by atoms with Crippen LogP contribution >= 0.6 is 0 Å². The molecule has 0 spiro atoms. The number of hydrogen-bond donors (Lipinski definition) is 0. The van der Waals surface area contributed by atoms with Crippen LogP contribution in [0, 0.1) is 28.1 Å². The maximum Gasteiger partial charge on any atom is 0.0994 e. The van der Waals surface area contributed by atoms with Crippen molar-refractivity contribution in [2.24, 2.45) is 5.41 Å². The Balaban J connectivity index is 3.13. The Labute approximate surface area is 96.4 Å². The molecular weight excluding hydrogens is 196 g/mol. The zero-order valence-corrected chi connectivity index (χ0v) is 9.78. The predicted molar refractivity (Wildman–Crippen MR) is 64.2 cm³/mol. The van der Waals surface area contributed by atoms with Gasteiger partial charge >= 0.3 is 0 Å². The Morgan fingerprint density at radius 3 is 2.06 bits per heavy atom. The molecule has 1 rings (SSSR count). The second-order valence-electron chi connectivity index (χ2n) is 4.72. The number of rotatable bonds is 1. The second kappa shape index (κ2) is 4.64. The zero-order chi connectivity index (χ0) is 12.2. The van der Waals surface area contributed by atoms with Crippen LogP contribution in [-0.4, -0.2) is 0 Å². The molecule has 0 saturated heterocycles. The molecule has 0 aliphatic heterocycles. The van der Waals surface area contributed by atoms with E-state index in [9.17, 15) is 0 Å². The van der Waals surface area contributed by atoms with Crippen molar-refractivity contribution in [3.05, 3.63) is 41.5 Å². The molecule has 0 saturated carbocycles. The number of benzene rings is 1. The molecule has 0 N–H and O–H groups in total. The van der Waals surface area contributed by atoms with Crippen LogP contribution in [0.2, 0.25) is 0 Å². The summed E-state index contributed by atoms with van der Waals surface area (Å²) >= 11 is 0. The molecule has 0 aliphatic rings. The van der Waals surface area contributed by atoms with Gasteiger partial charge in [-0.15, -0.1) is 0 Å². The first-order chi connectivity index (χ1) is 7.46. The molecule has 2 heteroatoms. The quantitative estimate of drug-likeness (QED) is 0.666. The third-order valence-electron chi connectivity index (χ3n) is 2.02. The van der Waals surface area contributed by atoms with Crippen LogP contribution in [0.5, 0.6) is 0 Å². The van der Waals surface area contributed by atoms with Gasteiger partial charge in [-0.25, -0.2) is 0 Å². The lowest BCUT2D eigenvalue weighted by atomic mass is 9.91. The summed E-state index contributed by atoms with van der Waals surface area (Å²) in [6.45, 7) is 6.15. The van der Waals surface area contributed by atoms with Gasteiger partial charge < -0.3 is 0 Å². The smallest absolute Gasteiger partial charge is 0.0994 e. The van der Waals surface area contributed by atoms with Crippen molar-refractivity contribution < 1.29 is 0 Å². The lowest BCUT2D eigenvalue weighted by molar-refractivity contribution is 0.546. The molecule has 0 heterocycles. The van der Waals surface area contributed by atoms with Crippen LogP contribution in [-0.2, 0) is 0 Å². The average molecular weight is 210 g/mol. The summed E-state index contributed by atoms with van der Waals surface area (Å²) in [5, 5.41) is 17.8. The van der Waals surface area contributed by atoms with E-state index in [4.69, 9.17) is 10.5 Å². The molecule has 0 bridgehead atoms. The van der Waals surface area contributed by atoms with Crippen molar-refractivity contribution in [3.8, 4) is 12.1 Å². The molecule has 0 fully saturated rings. The van der Waals surface area contributed by atoms with E-state index in [0.29, 0.717) is 11.1 Å². The first-order valence-corrected chi connectivity index (χ1v) is 5.10. The van der Waals surface area contributed by atoms with Crippen LogP contribution < -0.4 is 0 Å². The average Bonchev–Trinajstić information content (AvgIpc) is 2.25. The fourth-order valence-corrected chi connectivity index (χ4v) is 1.34. The summed E-state index contributed by atoms with van der Waals surface area (Å²) in [5.74, 6) is 0. The largest absolute Gasteiger partial charge is 0.192 e. The molecule has 1 aromatic carbocycles. The fourth-order valence-electron chi connectivity index (χ4n) is 1.34. The number of hydrogen-bond acceptors (Lipinski definition) is 2. The van der Waals surface area contributed by atoms with Crippen LogP contribution in [0.15, 0.2) is 30.3 Å². The SMILES string of the molecule is CC(C)(C)/C=C(\C#N)c1ccc(C#N)cc1. The molecule has 80 valence electrons. The fraction of sp³-hybridized carbons (Fsp3) is 0.286. The Kier molecular flexibility index (Phi) is 3.48. The van der Waals surface area contributed by atoms with Crippen molar-refractivity contribution in [2.45, 2.75) is 20.8 Å².